The minimum atomic E-state index is 0. The van der Waals surface area contributed by atoms with Crippen molar-refractivity contribution in [2.45, 2.75) is 52.4 Å². The maximum Gasteiger partial charge on any atom is 0.0522 e. The van der Waals surface area contributed by atoms with Crippen molar-refractivity contribution in [3.05, 3.63) is 41.9 Å². The minimum absolute atomic E-state index is 0. The Hall–Kier alpha value is -0.991. The van der Waals surface area contributed by atoms with Crippen molar-refractivity contribution in [3.63, 3.8) is 0 Å². The molecule has 2 aromatic heterocycles. The predicted octanol–water partition coefficient (Wildman–Crippen LogP) is 3.66. The van der Waals surface area contributed by atoms with Crippen LogP contribution in [0.5, 0.6) is 0 Å². The van der Waals surface area contributed by atoms with Crippen LogP contribution in [0.2, 0.25) is 0 Å². The van der Waals surface area contributed by atoms with E-state index >= 15 is 0 Å². The molecule has 0 aromatic carbocycles. The largest absolute Gasteiger partial charge is 0.343 e. The summed E-state index contributed by atoms with van der Waals surface area (Å²) in [4.78, 5) is 4.39. The summed E-state index contributed by atoms with van der Waals surface area (Å²) in [6.45, 7) is 13.0. The zero-order chi connectivity index (χ0) is 14.3. The summed E-state index contributed by atoms with van der Waals surface area (Å²) in [6.07, 6.45) is 4.99. The fraction of sp³-hybridized carbons (Fsp3) is 0.500. The van der Waals surface area contributed by atoms with Crippen LogP contribution in [0.4, 0.5) is 0 Å². The van der Waals surface area contributed by atoms with Crippen molar-refractivity contribution in [1.82, 2.24) is 14.8 Å². The van der Waals surface area contributed by atoms with Crippen LogP contribution in [-0.2, 0) is 30.9 Å². The normalized spacial score (nSPS) is 12.1. The predicted molar refractivity (Wildman–Crippen MR) is 77.6 cm³/mol. The van der Waals surface area contributed by atoms with Crippen LogP contribution < -0.4 is 0 Å². The van der Waals surface area contributed by atoms with E-state index in [1.165, 1.54) is 5.56 Å². The van der Waals surface area contributed by atoms with Gasteiger partial charge in [0.1, 0.15) is 0 Å². The molecule has 0 aliphatic heterocycles. The first-order valence-corrected chi connectivity index (χ1v) is 6.63. The summed E-state index contributed by atoms with van der Waals surface area (Å²) < 4.78 is 1.73. The summed E-state index contributed by atoms with van der Waals surface area (Å²) in [7, 11) is 0. The Kier molecular flexibility index (Phi) is 4.94. The molecule has 4 heteroatoms. The van der Waals surface area contributed by atoms with Crippen LogP contribution in [0.3, 0.4) is 0 Å². The molecule has 0 N–H and O–H groups in total. The van der Waals surface area contributed by atoms with Crippen molar-refractivity contribution in [2.24, 2.45) is 0 Å². The van der Waals surface area contributed by atoms with Gasteiger partial charge in [-0.15, -0.1) is 6.07 Å². The molecule has 0 aliphatic carbocycles. The van der Waals surface area contributed by atoms with E-state index in [-0.39, 0.29) is 30.9 Å². The first-order valence-electron chi connectivity index (χ1n) is 6.63. The SMILES string of the molecule is CC(C)(C)c1ccnc(-n2[c-]cc(C(C)(C)C)n2)c1.[Ir]. The molecule has 0 aliphatic rings. The van der Waals surface area contributed by atoms with Crippen LogP contribution in [0.25, 0.3) is 5.82 Å². The van der Waals surface area contributed by atoms with Gasteiger partial charge in [-0.05, 0) is 28.2 Å². The van der Waals surface area contributed by atoms with Crippen molar-refractivity contribution < 1.29 is 20.1 Å². The zero-order valence-electron chi connectivity index (χ0n) is 13.0. The first kappa shape index (κ1) is 17.1. The third kappa shape index (κ3) is 3.77. The second kappa shape index (κ2) is 5.79. The van der Waals surface area contributed by atoms with Gasteiger partial charge in [0.2, 0.25) is 0 Å². The summed E-state index contributed by atoms with van der Waals surface area (Å²) >= 11 is 0. The van der Waals surface area contributed by atoms with Crippen LogP contribution in [0.15, 0.2) is 24.4 Å². The van der Waals surface area contributed by atoms with Gasteiger partial charge in [0, 0.05) is 26.3 Å². The van der Waals surface area contributed by atoms with E-state index in [4.69, 9.17) is 0 Å². The summed E-state index contributed by atoms with van der Waals surface area (Å²) in [5, 5.41) is 4.57. The van der Waals surface area contributed by atoms with Gasteiger partial charge in [-0.25, -0.2) is 0 Å². The second-order valence-corrected chi connectivity index (χ2v) is 6.97. The van der Waals surface area contributed by atoms with Gasteiger partial charge < -0.3 is 9.67 Å². The van der Waals surface area contributed by atoms with Gasteiger partial charge in [-0.3, -0.25) is 5.10 Å². The number of nitrogens with zero attached hydrogens (tertiary/aromatic N) is 3. The van der Waals surface area contributed by atoms with Gasteiger partial charge in [0.15, 0.2) is 0 Å². The Morgan fingerprint density at radius 2 is 1.70 bits per heavy atom. The van der Waals surface area contributed by atoms with E-state index in [9.17, 15) is 0 Å². The van der Waals surface area contributed by atoms with Crippen LogP contribution in [0.1, 0.15) is 52.8 Å². The first-order chi connectivity index (χ1) is 8.68. The molecule has 20 heavy (non-hydrogen) atoms. The van der Waals surface area contributed by atoms with Crippen molar-refractivity contribution in [1.29, 1.82) is 0 Å². The number of hydrogen-bond acceptors (Lipinski definition) is 2. The topological polar surface area (TPSA) is 30.7 Å². The minimum Gasteiger partial charge on any atom is -0.343 e. The molecule has 3 nitrogen and oxygen atoms in total. The van der Waals surface area contributed by atoms with Crippen molar-refractivity contribution >= 4 is 0 Å². The summed E-state index contributed by atoms with van der Waals surface area (Å²) in [5.41, 5.74) is 2.41. The molecule has 2 rings (SSSR count). The average molecular weight is 449 g/mol. The molecule has 0 saturated heterocycles. The second-order valence-electron chi connectivity index (χ2n) is 6.97. The van der Waals surface area contributed by atoms with Gasteiger partial charge in [0.25, 0.3) is 0 Å². The number of aromatic nitrogens is 3. The zero-order valence-corrected chi connectivity index (χ0v) is 15.4. The number of pyridine rings is 1. The Morgan fingerprint density at radius 1 is 1.05 bits per heavy atom. The Morgan fingerprint density at radius 3 is 2.20 bits per heavy atom. The van der Waals surface area contributed by atoms with Crippen molar-refractivity contribution in [2.75, 3.05) is 0 Å². The van der Waals surface area contributed by atoms with E-state index in [1.807, 2.05) is 12.3 Å². The monoisotopic (exact) mass is 449 g/mol. The van der Waals surface area contributed by atoms with Gasteiger partial charge in [-0.1, -0.05) is 53.8 Å². The maximum absolute atomic E-state index is 4.57. The number of hydrogen-bond donors (Lipinski definition) is 0. The molecular weight excluding hydrogens is 426 g/mol. The fourth-order valence-corrected chi connectivity index (χ4v) is 1.77. The molecular formula is C16H22IrN3-. The van der Waals surface area contributed by atoms with Crippen LogP contribution in [-0.4, -0.2) is 14.8 Å². The molecule has 1 radical (unpaired) electrons. The smallest absolute Gasteiger partial charge is 0.0522 e. The van der Waals surface area contributed by atoms with Gasteiger partial charge in [0.05, 0.1) is 5.82 Å². The Labute approximate surface area is 135 Å². The molecule has 0 bridgehead atoms. The molecule has 111 valence electrons. The van der Waals surface area contributed by atoms with Crippen LogP contribution >= 0.6 is 0 Å². The van der Waals surface area contributed by atoms with Gasteiger partial charge >= 0.3 is 0 Å². The van der Waals surface area contributed by atoms with E-state index in [2.05, 4.69) is 70.0 Å². The molecule has 0 unspecified atom stereocenters. The number of rotatable bonds is 1. The van der Waals surface area contributed by atoms with Crippen molar-refractivity contribution in [3.8, 4) is 5.82 Å². The fourth-order valence-electron chi connectivity index (χ4n) is 1.77. The molecule has 2 heterocycles. The summed E-state index contributed by atoms with van der Waals surface area (Å²) in [5.74, 6) is 0.822. The molecule has 0 amide bonds. The standard InChI is InChI=1S/C16H22N3.Ir/c1-15(2,3)12-7-9-17-14(11-12)19-10-8-13(18-19)16(4,5)6;/h7-9,11H,1-6H3;/q-1;. The van der Waals surface area contributed by atoms with E-state index in [1.54, 1.807) is 4.68 Å². The molecule has 2 aromatic rings. The third-order valence-corrected chi connectivity index (χ3v) is 3.13. The van der Waals surface area contributed by atoms with E-state index in [0.717, 1.165) is 11.5 Å². The summed E-state index contributed by atoms with van der Waals surface area (Å²) in [6, 6.07) is 6.07. The quantitative estimate of drug-likeness (QED) is 0.624. The third-order valence-electron chi connectivity index (χ3n) is 3.13. The Bertz CT molecular complexity index is 574. The Balaban J connectivity index is 0.00000200. The van der Waals surface area contributed by atoms with Gasteiger partial charge in [-0.2, -0.15) is 0 Å². The van der Waals surface area contributed by atoms with E-state index < -0.39 is 0 Å². The molecule has 0 saturated carbocycles. The molecule has 0 atom stereocenters. The molecule has 0 spiro atoms. The average Bonchev–Trinajstić information content (AvgIpc) is 2.77. The molecule has 0 fully saturated rings. The maximum atomic E-state index is 4.57. The van der Waals surface area contributed by atoms with E-state index in [0.29, 0.717) is 0 Å². The van der Waals surface area contributed by atoms with Crippen LogP contribution in [0, 0.1) is 6.20 Å².